The number of halogens is 2. The molecule has 1 amide bonds. The van der Waals surface area contributed by atoms with Crippen molar-refractivity contribution in [1.82, 2.24) is 0 Å². The number of nitrogens with two attached hydrogens (primary N) is 1. The molecule has 100 valence electrons. The van der Waals surface area contributed by atoms with E-state index in [0.717, 1.165) is 6.07 Å². The van der Waals surface area contributed by atoms with Gasteiger partial charge in [0.1, 0.15) is 11.6 Å². The van der Waals surface area contributed by atoms with Gasteiger partial charge >= 0.3 is 0 Å². The molecular formula is C14H14F2N2O. The van der Waals surface area contributed by atoms with Crippen molar-refractivity contribution in [2.75, 3.05) is 11.1 Å². The summed E-state index contributed by atoms with van der Waals surface area (Å²) in [5, 5.41) is 2.52. The lowest BCUT2D eigenvalue weighted by Gasteiger charge is -2.08. The summed E-state index contributed by atoms with van der Waals surface area (Å²) in [6, 6.07) is 8.74. The number of hydrogen-bond acceptors (Lipinski definition) is 2. The minimum absolute atomic E-state index is 0. The van der Waals surface area contributed by atoms with E-state index in [4.69, 9.17) is 5.73 Å². The second-order valence-electron chi connectivity index (χ2n) is 3.69. The van der Waals surface area contributed by atoms with Crippen molar-refractivity contribution in [2.45, 2.75) is 7.43 Å². The minimum Gasteiger partial charge on any atom is -0.397 e. The van der Waals surface area contributed by atoms with E-state index < -0.39 is 17.5 Å². The summed E-state index contributed by atoms with van der Waals surface area (Å²) in [5.74, 6) is -1.34. The molecule has 2 aromatic carbocycles. The van der Waals surface area contributed by atoms with E-state index in [1.54, 1.807) is 0 Å². The highest BCUT2D eigenvalue weighted by Gasteiger charge is 2.08. The zero-order chi connectivity index (χ0) is 13.1. The summed E-state index contributed by atoms with van der Waals surface area (Å²) >= 11 is 0. The molecule has 0 heterocycles. The third-order valence-electron chi connectivity index (χ3n) is 2.37. The third-order valence-corrected chi connectivity index (χ3v) is 2.37. The molecule has 0 aliphatic heterocycles. The van der Waals surface area contributed by atoms with Crippen molar-refractivity contribution in [1.29, 1.82) is 0 Å². The van der Waals surface area contributed by atoms with Crippen LogP contribution in [0.5, 0.6) is 0 Å². The number of benzene rings is 2. The lowest BCUT2D eigenvalue weighted by atomic mass is 10.2. The summed E-state index contributed by atoms with van der Waals surface area (Å²) < 4.78 is 25.5. The van der Waals surface area contributed by atoms with E-state index >= 15 is 0 Å². The van der Waals surface area contributed by atoms with Crippen molar-refractivity contribution >= 4 is 17.3 Å². The van der Waals surface area contributed by atoms with Gasteiger partial charge < -0.3 is 11.1 Å². The van der Waals surface area contributed by atoms with Gasteiger partial charge in [0, 0.05) is 5.56 Å². The van der Waals surface area contributed by atoms with Gasteiger partial charge in [-0.25, -0.2) is 8.78 Å². The number of amides is 1. The van der Waals surface area contributed by atoms with Gasteiger partial charge in [0.15, 0.2) is 0 Å². The lowest BCUT2D eigenvalue weighted by molar-refractivity contribution is 0.102. The largest absolute Gasteiger partial charge is 0.397 e. The van der Waals surface area contributed by atoms with Crippen LogP contribution in [-0.2, 0) is 0 Å². The van der Waals surface area contributed by atoms with E-state index in [9.17, 15) is 13.6 Å². The predicted octanol–water partition coefficient (Wildman–Crippen LogP) is 3.44. The maximum absolute atomic E-state index is 12.8. The van der Waals surface area contributed by atoms with Crippen LogP contribution in [0.3, 0.4) is 0 Å². The highest BCUT2D eigenvalue weighted by atomic mass is 19.1. The van der Waals surface area contributed by atoms with Crippen molar-refractivity contribution < 1.29 is 13.6 Å². The Kier molecular flexibility index (Phi) is 4.58. The first-order chi connectivity index (χ1) is 8.56. The molecule has 0 aliphatic carbocycles. The molecule has 0 aromatic heterocycles. The Morgan fingerprint density at radius 3 is 2.16 bits per heavy atom. The number of nitrogen functional groups attached to an aromatic ring is 1. The summed E-state index contributed by atoms with van der Waals surface area (Å²) in [4.78, 5) is 11.8. The SMILES string of the molecule is C.Nc1cc(F)ccc1NC(=O)c1ccc(F)cc1. The van der Waals surface area contributed by atoms with Gasteiger partial charge in [-0.3, -0.25) is 4.79 Å². The summed E-state index contributed by atoms with van der Waals surface area (Å²) in [6.07, 6.45) is 0. The van der Waals surface area contributed by atoms with Crippen molar-refractivity contribution in [3.8, 4) is 0 Å². The highest BCUT2D eigenvalue weighted by molar-refractivity contribution is 6.05. The van der Waals surface area contributed by atoms with Crippen LogP contribution in [0.1, 0.15) is 17.8 Å². The Labute approximate surface area is 110 Å². The maximum atomic E-state index is 12.8. The molecule has 0 saturated heterocycles. The molecule has 0 spiro atoms. The molecule has 3 nitrogen and oxygen atoms in total. The molecule has 19 heavy (non-hydrogen) atoms. The molecule has 2 aromatic rings. The third kappa shape index (κ3) is 3.51. The number of hydrogen-bond donors (Lipinski definition) is 2. The van der Waals surface area contributed by atoms with Crippen LogP contribution < -0.4 is 11.1 Å². The van der Waals surface area contributed by atoms with E-state index in [0.29, 0.717) is 11.3 Å². The number of rotatable bonds is 2. The first-order valence-electron chi connectivity index (χ1n) is 5.18. The van der Waals surface area contributed by atoms with Gasteiger partial charge in [0.05, 0.1) is 11.4 Å². The maximum Gasteiger partial charge on any atom is 0.255 e. The molecule has 0 unspecified atom stereocenters. The van der Waals surface area contributed by atoms with Crippen LogP contribution in [-0.4, -0.2) is 5.91 Å². The van der Waals surface area contributed by atoms with Crippen molar-refractivity contribution in [3.05, 3.63) is 59.7 Å². The number of anilines is 2. The zero-order valence-corrected chi connectivity index (χ0v) is 9.28. The fraction of sp³-hybridized carbons (Fsp3) is 0.0714. The van der Waals surface area contributed by atoms with Gasteiger partial charge in [0.25, 0.3) is 5.91 Å². The molecule has 2 rings (SSSR count). The Balaban J connectivity index is 0.00000180. The molecule has 5 heteroatoms. The first-order valence-corrected chi connectivity index (χ1v) is 5.18. The second kappa shape index (κ2) is 5.95. The standard InChI is InChI=1S/C13H10F2N2O.CH4/c14-9-3-1-8(2-4-9)13(18)17-12-6-5-10(15)7-11(12)16;/h1-7H,16H2,(H,17,18);1H4. The van der Waals surface area contributed by atoms with Gasteiger partial charge in [-0.15, -0.1) is 0 Å². The van der Waals surface area contributed by atoms with E-state index in [1.807, 2.05) is 0 Å². The van der Waals surface area contributed by atoms with E-state index in [2.05, 4.69) is 5.32 Å². The molecule has 0 aliphatic rings. The fourth-order valence-electron chi connectivity index (χ4n) is 1.44. The van der Waals surface area contributed by atoms with Gasteiger partial charge in [0.2, 0.25) is 0 Å². The zero-order valence-electron chi connectivity index (χ0n) is 9.28. The number of carbonyl (C=O) groups is 1. The molecular weight excluding hydrogens is 250 g/mol. The fourth-order valence-corrected chi connectivity index (χ4v) is 1.44. The smallest absolute Gasteiger partial charge is 0.255 e. The molecule has 0 bridgehead atoms. The normalized spacial score (nSPS) is 9.58. The average molecular weight is 264 g/mol. The predicted molar refractivity (Wildman–Crippen MR) is 71.9 cm³/mol. The van der Waals surface area contributed by atoms with Crippen LogP contribution in [0.15, 0.2) is 42.5 Å². The number of nitrogens with one attached hydrogen (secondary N) is 1. The van der Waals surface area contributed by atoms with Crippen LogP contribution in [0.2, 0.25) is 0 Å². The first kappa shape index (κ1) is 14.6. The molecule has 0 atom stereocenters. The van der Waals surface area contributed by atoms with Crippen LogP contribution in [0, 0.1) is 11.6 Å². The van der Waals surface area contributed by atoms with Crippen LogP contribution in [0.4, 0.5) is 20.2 Å². The van der Waals surface area contributed by atoms with Gasteiger partial charge in [-0.1, -0.05) is 7.43 Å². The van der Waals surface area contributed by atoms with Crippen molar-refractivity contribution in [2.24, 2.45) is 0 Å². The molecule has 0 radical (unpaired) electrons. The molecule has 3 N–H and O–H groups in total. The number of carbonyl (C=O) groups excluding carboxylic acids is 1. The second-order valence-corrected chi connectivity index (χ2v) is 3.69. The van der Waals surface area contributed by atoms with Crippen molar-refractivity contribution in [3.63, 3.8) is 0 Å². The van der Waals surface area contributed by atoms with Crippen LogP contribution in [0.25, 0.3) is 0 Å². The minimum atomic E-state index is -0.479. The van der Waals surface area contributed by atoms with Crippen LogP contribution >= 0.6 is 0 Å². The van der Waals surface area contributed by atoms with E-state index in [1.165, 1.54) is 36.4 Å². The summed E-state index contributed by atoms with van der Waals surface area (Å²) in [6.45, 7) is 0. The Morgan fingerprint density at radius 1 is 1.00 bits per heavy atom. The summed E-state index contributed by atoms with van der Waals surface area (Å²) in [7, 11) is 0. The summed E-state index contributed by atoms with van der Waals surface area (Å²) in [5.41, 5.74) is 6.29. The average Bonchev–Trinajstić information content (AvgIpc) is 2.33. The van der Waals surface area contributed by atoms with Gasteiger partial charge in [-0.2, -0.15) is 0 Å². The quantitative estimate of drug-likeness (QED) is 0.816. The molecule has 0 saturated carbocycles. The van der Waals surface area contributed by atoms with E-state index in [-0.39, 0.29) is 13.1 Å². The Bertz CT molecular complexity index is 582. The van der Waals surface area contributed by atoms with Gasteiger partial charge in [-0.05, 0) is 42.5 Å². The highest BCUT2D eigenvalue weighted by Crippen LogP contribution is 2.19. The Hall–Kier alpha value is -2.43. The lowest BCUT2D eigenvalue weighted by Crippen LogP contribution is -2.13. The Morgan fingerprint density at radius 2 is 1.58 bits per heavy atom. The topological polar surface area (TPSA) is 55.1 Å². The molecule has 0 fully saturated rings. The monoisotopic (exact) mass is 264 g/mol.